The van der Waals surface area contributed by atoms with Crippen molar-refractivity contribution in [3.8, 4) is 17.6 Å². The summed E-state index contributed by atoms with van der Waals surface area (Å²) in [6, 6.07) is 28.1. The number of esters is 1. The first-order valence-electron chi connectivity index (χ1n) is 11.2. The summed E-state index contributed by atoms with van der Waals surface area (Å²) in [5.74, 6) is 6.76. The number of benzene rings is 3. The Labute approximate surface area is 191 Å². The molecular weight excluding hydrogens is 396 g/mol. The lowest BCUT2D eigenvalue weighted by atomic mass is 10.1. The molecule has 0 unspecified atom stereocenters. The quantitative estimate of drug-likeness (QED) is 0.203. The summed E-state index contributed by atoms with van der Waals surface area (Å²) in [5, 5.41) is 0. The third kappa shape index (κ3) is 9.10. The van der Waals surface area contributed by atoms with E-state index in [1.54, 1.807) is 0 Å². The van der Waals surface area contributed by atoms with Crippen molar-refractivity contribution in [3.05, 3.63) is 102 Å². The SMILES string of the molecule is O=C(CCC#Cc1ccc(OCCCCCc2ccccc2)cc1)OCc1ccccc1. The molecule has 0 fully saturated rings. The van der Waals surface area contributed by atoms with Gasteiger partial charge in [0, 0.05) is 12.0 Å². The number of aryl methyl sites for hydroxylation is 1. The predicted molar refractivity (Wildman–Crippen MR) is 128 cm³/mol. The van der Waals surface area contributed by atoms with Crippen molar-refractivity contribution < 1.29 is 14.3 Å². The minimum atomic E-state index is -0.226. The molecule has 0 bridgehead atoms. The molecule has 32 heavy (non-hydrogen) atoms. The van der Waals surface area contributed by atoms with Crippen molar-refractivity contribution in [2.45, 2.75) is 45.1 Å². The van der Waals surface area contributed by atoms with E-state index in [1.165, 1.54) is 12.0 Å². The molecule has 0 aromatic heterocycles. The van der Waals surface area contributed by atoms with Crippen molar-refractivity contribution in [1.82, 2.24) is 0 Å². The molecule has 3 rings (SSSR count). The average molecular weight is 427 g/mol. The van der Waals surface area contributed by atoms with Crippen molar-refractivity contribution in [3.63, 3.8) is 0 Å². The van der Waals surface area contributed by atoms with Crippen LogP contribution in [0.25, 0.3) is 0 Å². The molecule has 3 aromatic carbocycles. The number of carbonyl (C=O) groups is 1. The highest BCUT2D eigenvalue weighted by atomic mass is 16.5. The van der Waals surface area contributed by atoms with Gasteiger partial charge in [0.15, 0.2) is 0 Å². The molecule has 0 aliphatic carbocycles. The zero-order valence-corrected chi connectivity index (χ0v) is 18.5. The molecule has 0 heterocycles. The normalized spacial score (nSPS) is 10.1. The van der Waals surface area contributed by atoms with Crippen LogP contribution < -0.4 is 4.74 Å². The number of hydrogen-bond acceptors (Lipinski definition) is 3. The highest BCUT2D eigenvalue weighted by molar-refractivity contribution is 5.69. The lowest BCUT2D eigenvalue weighted by molar-refractivity contribution is -0.144. The van der Waals surface area contributed by atoms with Crippen LogP contribution in [-0.4, -0.2) is 12.6 Å². The zero-order chi connectivity index (χ0) is 22.3. The zero-order valence-electron chi connectivity index (χ0n) is 18.5. The highest BCUT2D eigenvalue weighted by Crippen LogP contribution is 2.13. The van der Waals surface area contributed by atoms with Gasteiger partial charge in [-0.3, -0.25) is 4.79 Å². The molecule has 0 N–H and O–H groups in total. The molecule has 0 atom stereocenters. The van der Waals surface area contributed by atoms with Gasteiger partial charge in [0.2, 0.25) is 0 Å². The van der Waals surface area contributed by atoms with Gasteiger partial charge in [-0.2, -0.15) is 0 Å². The standard InChI is InChI=1S/C29H30O3/c30-29(32-24-27-16-6-2-7-17-27)18-10-9-15-26-19-21-28(22-20-26)31-23-11-3-8-14-25-12-4-1-5-13-25/h1-2,4-7,12-13,16-17,19-22H,3,8,10-11,14,18,23-24H2. The minimum Gasteiger partial charge on any atom is -0.494 e. The molecule has 0 radical (unpaired) electrons. The molecule has 3 heteroatoms. The van der Waals surface area contributed by atoms with E-state index in [9.17, 15) is 4.79 Å². The number of carbonyl (C=O) groups excluding carboxylic acids is 1. The number of rotatable bonds is 11. The minimum absolute atomic E-state index is 0.226. The first-order valence-corrected chi connectivity index (χ1v) is 11.2. The number of hydrogen-bond donors (Lipinski definition) is 0. The molecule has 3 nitrogen and oxygen atoms in total. The predicted octanol–water partition coefficient (Wildman–Crippen LogP) is 6.35. The number of ether oxygens (including phenoxy) is 2. The second kappa shape index (κ2) is 13.7. The third-order valence-electron chi connectivity index (χ3n) is 5.01. The summed E-state index contributed by atoms with van der Waals surface area (Å²) >= 11 is 0. The van der Waals surface area contributed by atoms with Gasteiger partial charge < -0.3 is 9.47 Å². The Hall–Kier alpha value is -3.51. The molecule has 0 amide bonds. The Bertz CT molecular complexity index is 983. The third-order valence-corrected chi connectivity index (χ3v) is 5.01. The van der Waals surface area contributed by atoms with Crippen LogP contribution in [0.1, 0.15) is 48.8 Å². The number of unbranched alkanes of at least 4 members (excludes halogenated alkanes) is 2. The van der Waals surface area contributed by atoms with Crippen LogP contribution in [0.5, 0.6) is 5.75 Å². The lowest BCUT2D eigenvalue weighted by Crippen LogP contribution is -2.03. The topological polar surface area (TPSA) is 35.5 Å². The van der Waals surface area contributed by atoms with E-state index in [2.05, 4.69) is 42.2 Å². The molecule has 3 aromatic rings. The van der Waals surface area contributed by atoms with E-state index in [4.69, 9.17) is 9.47 Å². The fourth-order valence-electron chi connectivity index (χ4n) is 3.22. The van der Waals surface area contributed by atoms with Crippen LogP contribution in [0.15, 0.2) is 84.9 Å². The van der Waals surface area contributed by atoms with E-state index in [0.717, 1.165) is 42.7 Å². The monoisotopic (exact) mass is 426 g/mol. The van der Waals surface area contributed by atoms with Crippen molar-refractivity contribution >= 4 is 5.97 Å². The highest BCUT2D eigenvalue weighted by Gasteiger charge is 2.02. The largest absolute Gasteiger partial charge is 0.494 e. The summed E-state index contributed by atoms with van der Waals surface area (Å²) < 4.78 is 11.1. The molecule has 0 saturated heterocycles. The maximum absolute atomic E-state index is 11.8. The van der Waals surface area contributed by atoms with E-state index in [-0.39, 0.29) is 5.97 Å². The van der Waals surface area contributed by atoms with E-state index in [0.29, 0.717) is 19.4 Å². The van der Waals surface area contributed by atoms with Gasteiger partial charge in [-0.25, -0.2) is 0 Å². The van der Waals surface area contributed by atoms with Gasteiger partial charge in [0.1, 0.15) is 12.4 Å². The van der Waals surface area contributed by atoms with Crippen LogP contribution in [0.4, 0.5) is 0 Å². The fraction of sp³-hybridized carbons (Fsp3) is 0.276. The fourth-order valence-corrected chi connectivity index (χ4v) is 3.22. The van der Waals surface area contributed by atoms with E-state index >= 15 is 0 Å². The van der Waals surface area contributed by atoms with E-state index < -0.39 is 0 Å². The molecule has 0 aliphatic heterocycles. The van der Waals surface area contributed by atoms with Gasteiger partial charge >= 0.3 is 5.97 Å². The average Bonchev–Trinajstić information content (AvgIpc) is 2.85. The summed E-state index contributed by atoms with van der Waals surface area (Å²) in [6.07, 6.45) is 5.29. The molecule has 0 aliphatic rings. The van der Waals surface area contributed by atoms with Crippen LogP contribution >= 0.6 is 0 Å². The van der Waals surface area contributed by atoms with Crippen molar-refractivity contribution in [2.24, 2.45) is 0 Å². The smallest absolute Gasteiger partial charge is 0.307 e. The van der Waals surface area contributed by atoms with Gasteiger partial charge in [0.25, 0.3) is 0 Å². The molecular formula is C29H30O3. The van der Waals surface area contributed by atoms with Gasteiger partial charge in [-0.15, -0.1) is 0 Å². The summed E-state index contributed by atoms with van der Waals surface area (Å²) in [6.45, 7) is 1.03. The Morgan fingerprint density at radius 2 is 1.44 bits per heavy atom. The summed E-state index contributed by atoms with van der Waals surface area (Å²) in [7, 11) is 0. The maximum Gasteiger partial charge on any atom is 0.307 e. The summed E-state index contributed by atoms with van der Waals surface area (Å²) in [4.78, 5) is 11.8. The van der Waals surface area contributed by atoms with Crippen LogP contribution in [-0.2, 0) is 22.6 Å². The Morgan fingerprint density at radius 3 is 2.16 bits per heavy atom. The molecule has 0 saturated carbocycles. The van der Waals surface area contributed by atoms with Crippen LogP contribution in [0.2, 0.25) is 0 Å². The first-order chi connectivity index (χ1) is 15.8. The van der Waals surface area contributed by atoms with Gasteiger partial charge in [-0.1, -0.05) is 72.5 Å². The van der Waals surface area contributed by atoms with Crippen molar-refractivity contribution in [2.75, 3.05) is 6.61 Å². The van der Waals surface area contributed by atoms with Crippen LogP contribution in [0, 0.1) is 11.8 Å². The second-order valence-corrected chi connectivity index (χ2v) is 7.62. The maximum atomic E-state index is 11.8. The van der Waals surface area contributed by atoms with E-state index in [1.807, 2.05) is 54.6 Å². The second-order valence-electron chi connectivity index (χ2n) is 7.62. The molecule has 0 spiro atoms. The first kappa shape index (κ1) is 23.2. The summed E-state index contributed by atoms with van der Waals surface area (Å²) in [5.41, 5.74) is 3.30. The van der Waals surface area contributed by atoms with Gasteiger partial charge in [0.05, 0.1) is 13.0 Å². The lowest BCUT2D eigenvalue weighted by Gasteiger charge is -2.06. The Morgan fingerprint density at radius 1 is 0.750 bits per heavy atom. The Balaban J connectivity index is 1.26. The molecule has 164 valence electrons. The van der Waals surface area contributed by atoms with Crippen LogP contribution in [0.3, 0.4) is 0 Å². The van der Waals surface area contributed by atoms with Crippen molar-refractivity contribution in [1.29, 1.82) is 0 Å². The Kier molecular flexibility index (Phi) is 9.93. The van der Waals surface area contributed by atoms with Gasteiger partial charge in [-0.05, 0) is 61.1 Å².